The van der Waals surface area contributed by atoms with Crippen molar-refractivity contribution in [2.75, 3.05) is 33.2 Å². The molecule has 0 aromatic heterocycles. The largest absolute Gasteiger partial charge is 0.497 e. The number of benzene rings is 1. The molecule has 5 nitrogen and oxygen atoms in total. The minimum absolute atomic E-state index is 0.151. The number of fused-ring (bicyclic) bond motifs is 1. The lowest BCUT2D eigenvalue weighted by atomic mass is 10.2. The van der Waals surface area contributed by atoms with Gasteiger partial charge in [0, 0.05) is 26.0 Å². The van der Waals surface area contributed by atoms with E-state index < -0.39 is 0 Å². The van der Waals surface area contributed by atoms with E-state index >= 15 is 0 Å². The average molecular weight is 289 g/mol. The highest BCUT2D eigenvalue weighted by Crippen LogP contribution is 2.47. The molecule has 0 atom stereocenters. The van der Waals surface area contributed by atoms with Gasteiger partial charge in [0.1, 0.15) is 22.4 Å². The van der Waals surface area contributed by atoms with Crippen molar-refractivity contribution >= 4 is 23.4 Å². The van der Waals surface area contributed by atoms with Gasteiger partial charge in [0.05, 0.1) is 12.8 Å². The van der Waals surface area contributed by atoms with Gasteiger partial charge >= 0.3 is 0 Å². The van der Waals surface area contributed by atoms with Gasteiger partial charge in [-0.3, -0.25) is 4.79 Å². The van der Waals surface area contributed by atoms with Crippen LogP contribution in [0.15, 0.2) is 33.7 Å². The monoisotopic (exact) mass is 289 g/mol. The molecule has 2 rings (SSSR count). The molecule has 0 fully saturated rings. The molecule has 1 amide bonds. The fraction of sp³-hybridized carbons (Fsp3) is 0.286. The van der Waals surface area contributed by atoms with Crippen molar-refractivity contribution in [1.29, 1.82) is 5.26 Å². The molecule has 1 heterocycles. The summed E-state index contributed by atoms with van der Waals surface area (Å²) in [6.45, 7) is 0. The first-order chi connectivity index (χ1) is 9.49. The molecule has 0 saturated carbocycles. The first kappa shape index (κ1) is 14.3. The number of carbonyl (C=O) groups excluding carboxylic acids is 1. The molecule has 0 unspecified atom stereocenters. The Labute approximate surface area is 122 Å². The van der Waals surface area contributed by atoms with E-state index in [0.29, 0.717) is 5.03 Å². The average Bonchev–Trinajstić information content (AvgIpc) is 2.76. The van der Waals surface area contributed by atoms with Crippen molar-refractivity contribution in [3.63, 3.8) is 0 Å². The van der Waals surface area contributed by atoms with Crippen LogP contribution in [-0.2, 0) is 4.79 Å². The lowest BCUT2D eigenvalue weighted by molar-refractivity contribution is -0.124. The molecule has 1 aromatic carbocycles. The number of carbonyl (C=O) groups is 1. The van der Waals surface area contributed by atoms with Crippen molar-refractivity contribution in [3.05, 3.63) is 28.8 Å². The van der Waals surface area contributed by atoms with Crippen LogP contribution in [0.2, 0.25) is 0 Å². The number of rotatable bonds is 2. The van der Waals surface area contributed by atoms with Gasteiger partial charge in [-0.05, 0) is 18.2 Å². The van der Waals surface area contributed by atoms with Gasteiger partial charge in [0.15, 0.2) is 0 Å². The van der Waals surface area contributed by atoms with E-state index in [9.17, 15) is 10.1 Å². The minimum atomic E-state index is -0.290. The van der Waals surface area contributed by atoms with Crippen LogP contribution in [0.1, 0.15) is 0 Å². The molecular weight excluding hydrogens is 274 g/mol. The summed E-state index contributed by atoms with van der Waals surface area (Å²) in [5.74, 6) is 0.463. The standard InChI is InChI=1S/C14H15N3O2S/c1-16(2)13(18)10(8-15)14-17(3)11-6-5-9(19-4)7-12(11)20-14/h5-7H,1-4H3. The number of likely N-dealkylation sites (N-methyl/N-ethyl adjacent to an activating group) is 1. The Kier molecular flexibility index (Phi) is 3.91. The number of hydrogen-bond donors (Lipinski definition) is 0. The molecule has 0 radical (unpaired) electrons. The Morgan fingerprint density at radius 2 is 2.15 bits per heavy atom. The van der Waals surface area contributed by atoms with E-state index in [-0.39, 0.29) is 11.5 Å². The third-order valence-corrected chi connectivity index (χ3v) is 4.20. The van der Waals surface area contributed by atoms with Crippen molar-refractivity contribution in [2.45, 2.75) is 4.90 Å². The normalized spacial score (nSPS) is 15.4. The maximum absolute atomic E-state index is 12.1. The van der Waals surface area contributed by atoms with E-state index in [4.69, 9.17) is 4.74 Å². The zero-order valence-electron chi connectivity index (χ0n) is 11.8. The van der Waals surface area contributed by atoms with Gasteiger partial charge in [-0.15, -0.1) is 0 Å². The number of nitriles is 1. The Morgan fingerprint density at radius 1 is 1.45 bits per heavy atom. The quantitative estimate of drug-likeness (QED) is 0.616. The van der Waals surface area contributed by atoms with Crippen molar-refractivity contribution in [1.82, 2.24) is 4.90 Å². The van der Waals surface area contributed by atoms with E-state index in [1.54, 1.807) is 21.2 Å². The Morgan fingerprint density at radius 3 is 2.70 bits per heavy atom. The van der Waals surface area contributed by atoms with E-state index in [1.807, 2.05) is 36.2 Å². The van der Waals surface area contributed by atoms with Crippen LogP contribution in [-0.4, -0.2) is 39.1 Å². The number of amides is 1. The first-order valence-corrected chi connectivity index (χ1v) is 6.77. The second kappa shape index (κ2) is 5.47. The number of ether oxygens (including phenoxy) is 1. The fourth-order valence-corrected chi connectivity index (χ4v) is 3.05. The zero-order chi connectivity index (χ0) is 14.9. The summed E-state index contributed by atoms with van der Waals surface area (Å²) in [5.41, 5.74) is 1.11. The van der Waals surface area contributed by atoms with Gasteiger partial charge in [0.25, 0.3) is 5.91 Å². The Bertz CT molecular complexity index is 632. The SMILES string of the molecule is COc1ccc2c(c1)SC(=C(C#N)C(=O)N(C)C)N2C. The summed E-state index contributed by atoms with van der Waals surface area (Å²) in [6, 6.07) is 7.69. The van der Waals surface area contributed by atoms with Crippen molar-refractivity contribution in [3.8, 4) is 11.8 Å². The number of thioether (sulfide) groups is 1. The maximum atomic E-state index is 12.1. The molecule has 1 aliphatic heterocycles. The van der Waals surface area contributed by atoms with Gasteiger partial charge in [0.2, 0.25) is 0 Å². The molecule has 0 aliphatic carbocycles. The molecule has 104 valence electrons. The van der Waals surface area contributed by atoms with E-state index in [1.165, 1.54) is 16.7 Å². The van der Waals surface area contributed by atoms with Crippen LogP contribution in [0.5, 0.6) is 5.75 Å². The van der Waals surface area contributed by atoms with Gasteiger partial charge < -0.3 is 14.5 Å². The number of hydrogen-bond acceptors (Lipinski definition) is 5. The third-order valence-electron chi connectivity index (χ3n) is 2.99. The Balaban J connectivity index is 2.48. The highest BCUT2D eigenvalue weighted by atomic mass is 32.2. The topological polar surface area (TPSA) is 56.6 Å². The van der Waals surface area contributed by atoms with E-state index in [0.717, 1.165) is 16.3 Å². The molecule has 1 aliphatic rings. The lowest BCUT2D eigenvalue weighted by Crippen LogP contribution is -2.26. The van der Waals surface area contributed by atoms with Crippen LogP contribution in [0.4, 0.5) is 5.69 Å². The summed E-state index contributed by atoms with van der Waals surface area (Å²) < 4.78 is 5.19. The summed E-state index contributed by atoms with van der Waals surface area (Å²) >= 11 is 1.41. The number of anilines is 1. The summed E-state index contributed by atoms with van der Waals surface area (Å²) in [6.07, 6.45) is 0. The minimum Gasteiger partial charge on any atom is -0.497 e. The predicted octanol–water partition coefficient (Wildman–Crippen LogP) is 2.06. The van der Waals surface area contributed by atoms with Crippen LogP contribution < -0.4 is 9.64 Å². The highest BCUT2D eigenvalue weighted by molar-refractivity contribution is 8.03. The molecular formula is C14H15N3O2S. The molecule has 0 spiro atoms. The van der Waals surface area contributed by atoms with Gasteiger partial charge in [-0.1, -0.05) is 11.8 Å². The smallest absolute Gasteiger partial charge is 0.266 e. The van der Waals surface area contributed by atoms with Crippen LogP contribution >= 0.6 is 11.8 Å². The second-order valence-electron chi connectivity index (χ2n) is 4.49. The summed E-state index contributed by atoms with van der Waals surface area (Å²) in [5, 5.41) is 9.93. The van der Waals surface area contributed by atoms with E-state index in [2.05, 4.69) is 0 Å². The zero-order valence-corrected chi connectivity index (χ0v) is 12.6. The molecule has 20 heavy (non-hydrogen) atoms. The highest BCUT2D eigenvalue weighted by Gasteiger charge is 2.29. The van der Waals surface area contributed by atoms with Crippen molar-refractivity contribution in [2.24, 2.45) is 0 Å². The van der Waals surface area contributed by atoms with Crippen LogP contribution in [0.3, 0.4) is 0 Å². The van der Waals surface area contributed by atoms with Gasteiger partial charge in [-0.25, -0.2) is 0 Å². The van der Waals surface area contributed by atoms with Crippen molar-refractivity contribution < 1.29 is 9.53 Å². The maximum Gasteiger partial charge on any atom is 0.266 e. The predicted molar refractivity (Wildman–Crippen MR) is 78.6 cm³/mol. The molecule has 0 N–H and O–H groups in total. The molecule has 6 heteroatoms. The number of methoxy groups -OCH3 is 1. The third kappa shape index (κ3) is 2.32. The molecule has 0 bridgehead atoms. The summed E-state index contributed by atoms with van der Waals surface area (Å²) in [7, 11) is 6.73. The summed E-state index contributed by atoms with van der Waals surface area (Å²) in [4.78, 5) is 16.3. The molecule has 0 saturated heterocycles. The lowest BCUT2D eigenvalue weighted by Gasteiger charge is -2.16. The molecule has 1 aromatic rings. The van der Waals surface area contributed by atoms with Crippen LogP contribution in [0, 0.1) is 11.3 Å². The Hall–Kier alpha value is -2.13. The second-order valence-corrected chi connectivity index (χ2v) is 5.52. The fourth-order valence-electron chi connectivity index (χ4n) is 1.89. The van der Waals surface area contributed by atoms with Gasteiger partial charge in [-0.2, -0.15) is 5.26 Å². The first-order valence-electron chi connectivity index (χ1n) is 5.95. The number of nitrogens with zero attached hydrogens (tertiary/aromatic N) is 3. The van der Waals surface area contributed by atoms with Crippen LogP contribution in [0.25, 0.3) is 0 Å².